The molecule has 2 heterocycles. The number of ether oxygens (including phenoxy) is 1. The van der Waals surface area contributed by atoms with Gasteiger partial charge in [-0.3, -0.25) is 5.10 Å². The summed E-state index contributed by atoms with van der Waals surface area (Å²) in [6.07, 6.45) is 0. The zero-order chi connectivity index (χ0) is 17.8. The van der Waals surface area contributed by atoms with Gasteiger partial charge in [-0.1, -0.05) is 42.1 Å². The Kier molecular flexibility index (Phi) is 4.99. The molecule has 0 aliphatic heterocycles. The smallest absolute Gasteiger partial charge is 0.209 e. The predicted molar refractivity (Wildman–Crippen MR) is 105 cm³/mol. The van der Waals surface area contributed by atoms with E-state index in [1.54, 1.807) is 30.2 Å². The number of hydrogen-bond acceptors (Lipinski definition) is 6. The summed E-state index contributed by atoms with van der Waals surface area (Å²) in [5, 5.41) is 11.1. The fourth-order valence-electron chi connectivity index (χ4n) is 2.41. The van der Waals surface area contributed by atoms with Crippen LogP contribution in [0.3, 0.4) is 0 Å². The molecule has 0 radical (unpaired) electrons. The fraction of sp³-hybridized carbons (Fsp3) is 0.105. The minimum atomic E-state index is 0.713. The number of nitrogens with zero attached hydrogens (tertiary/aromatic N) is 3. The summed E-state index contributed by atoms with van der Waals surface area (Å²) in [6, 6.07) is 18.0. The van der Waals surface area contributed by atoms with Crippen LogP contribution in [0.4, 0.5) is 0 Å². The molecule has 0 amide bonds. The summed E-state index contributed by atoms with van der Waals surface area (Å²) in [7, 11) is 1.65. The van der Waals surface area contributed by atoms with Gasteiger partial charge in [0, 0.05) is 22.3 Å². The van der Waals surface area contributed by atoms with E-state index in [1.165, 1.54) is 0 Å². The topological polar surface area (TPSA) is 63.7 Å². The van der Waals surface area contributed by atoms with Crippen LogP contribution in [-0.2, 0) is 5.75 Å². The molecule has 0 atom stereocenters. The number of benzene rings is 2. The quantitative estimate of drug-likeness (QED) is 0.482. The molecule has 0 aliphatic carbocycles. The first-order valence-corrected chi connectivity index (χ1v) is 9.88. The molecule has 2 aromatic carbocycles. The average molecular weight is 380 g/mol. The van der Waals surface area contributed by atoms with Gasteiger partial charge in [0.25, 0.3) is 0 Å². The molecule has 0 spiro atoms. The first-order valence-electron chi connectivity index (χ1n) is 8.01. The molecule has 0 bridgehead atoms. The Morgan fingerprint density at radius 3 is 2.58 bits per heavy atom. The molecule has 0 saturated carbocycles. The molecule has 2 aromatic heterocycles. The van der Waals surface area contributed by atoms with Crippen molar-refractivity contribution in [3.63, 3.8) is 0 Å². The second-order valence-corrected chi connectivity index (χ2v) is 7.29. The van der Waals surface area contributed by atoms with E-state index in [-0.39, 0.29) is 0 Å². The lowest BCUT2D eigenvalue weighted by Gasteiger charge is -1.99. The van der Waals surface area contributed by atoms with Gasteiger partial charge >= 0.3 is 0 Å². The standard InChI is InChI=1S/C19H16N4OS2/c1-24-16-9-7-13(8-10-16)17-21-19(23-22-17)26-12-15-11-25-18(20-15)14-5-3-2-4-6-14/h2-11H,12H2,1H3,(H,21,22,23). The number of nitrogens with one attached hydrogen (secondary N) is 1. The van der Waals surface area contributed by atoms with Crippen molar-refractivity contribution in [1.29, 1.82) is 0 Å². The lowest BCUT2D eigenvalue weighted by molar-refractivity contribution is 0.415. The third kappa shape index (κ3) is 3.79. The third-order valence-corrected chi connectivity index (χ3v) is 5.57. The van der Waals surface area contributed by atoms with Gasteiger partial charge < -0.3 is 4.74 Å². The monoisotopic (exact) mass is 380 g/mol. The SMILES string of the molecule is COc1ccc(-c2nc(SCc3csc(-c4ccccc4)n3)n[nH]2)cc1. The van der Waals surface area contributed by atoms with Crippen molar-refractivity contribution in [2.45, 2.75) is 10.9 Å². The van der Waals surface area contributed by atoms with Gasteiger partial charge in [-0.2, -0.15) is 0 Å². The maximum absolute atomic E-state index is 5.18. The van der Waals surface area contributed by atoms with Gasteiger partial charge in [0.05, 0.1) is 12.8 Å². The van der Waals surface area contributed by atoms with E-state index in [0.29, 0.717) is 5.16 Å². The predicted octanol–water partition coefficient (Wildman–Crippen LogP) is 4.90. The van der Waals surface area contributed by atoms with E-state index in [4.69, 9.17) is 9.72 Å². The van der Waals surface area contributed by atoms with E-state index >= 15 is 0 Å². The lowest BCUT2D eigenvalue weighted by Crippen LogP contribution is -1.84. The van der Waals surface area contributed by atoms with E-state index in [9.17, 15) is 0 Å². The highest BCUT2D eigenvalue weighted by atomic mass is 32.2. The van der Waals surface area contributed by atoms with E-state index in [1.807, 2.05) is 42.5 Å². The first kappa shape index (κ1) is 16.8. The normalized spacial score (nSPS) is 10.8. The van der Waals surface area contributed by atoms with Crippen LogP contribution in [-0.4, -0.2) is 27.3 Å². The highest BCUT2D eigenvalue weighted by Gasteiger charge is 2.09. The molecular weight excluding hydrogens is 364 g/mol. The van der Waals surface area contributed by atoms with Crippen molar-refractivity contribution in [3.8, 4) is 27.7 Å². The summed E-state index contributed by atoms with van der Waals surface area (Å²) in [4.78, 5) is 9.24. The zero-order valence-electron chi connectivity index (χ0n) is 14.0. The largest absolute Gasteiger partial charge is 0.497 e. The lowest BCUT2D eigenvalue weighted by atomic mass is 10.2. The molecule has 7 heteroatoms. The summed E-state index contributed by atoms with van der Waals surface area (Å²) in [5.74, 6) is 2.31. The highest BCUT2D eigenvalue weighted by molar-refractivity contribution is 7.98. The Labute approximate surface area is 159 Å². The number of thioether (sulfide) groups is 1. The molecule has 0 saturated heterocycles. The molecule has 0 unspecified atom stereocenters. The van der Waals surface area contributed by atoms with Gasteiger partial charge in [0.2, 0.25) is 5.16 Å². The number of H-pyrrole nitrogens is 1. The zero-order valence-corrected chi connectivity index (χ0v) is 15.7. The Bertz CT molecular complexity index is 980. The van der Waals surface area contributed by atoms with Crippen molar-refractivity contribution < 1.29 is 4.74 Å². The number of aromatic nitrogens is 4. The van der Waals surface area contributed by atoms with Crippen LogP contribution in [0.5, 0.6) is 5.75 Å². The molecule has 1 N–H and O–H groups in total. The number of aromatic amines is 1. The van der Waals surface area contributed by atoms with Gasteiger partial charge in [-0.25, -0.2) is 9.97 Å². The molecule has 130 valence electrons. The summed E-state index contributed by atoms with van der Waals surface area (Å²) < 4.78 is 5.18. The molecule has 0 fully saturated rings. The summed E-state index contributed by atoms with van der Waals surface area (Å²) in [6.45, 7) is 0. The minimum absolute atomic E-state index is 0.713. The Hall–Kier alpha value is -2.64. The summed E-state index contributed by atoms with van der Waals surface area (Å²) >= 11 is 3.23. The maximum Gasteiger partial charge on any atom is 0.209 e. The van der Waals surface area contributed by atoms with Gasteiger partial charge in [-0.05, 0) is 24.3 Å². The van der Waals surface area contributed by atoms with Gasteiger partial charge in [0.1, 0.15) is 10.8 Å². The van der Waals surface area contributed by atoms with Crippen LogP contribution < -0.4 is 4.74 Å². The second-order valence-electron chi connectivity index (χ2n) is 5.49. The van der Waals surface area contributed by atoms with Crippen molar-refractivity contribution in [1.82, 2.24) is 20.2 Å². The van der Waals surface area contributed by atoms with Crippen LogP contribution in [0.1, 0.15) is 5.69 Å². The first-order chi connectivity index (χ1) is 12.8. The third-order valence-electron chi connectivity index (χ3n) is 3.75. The van der Waals surface area contributed by atoms with Crippen LogP contribution in [0, 0.1) is 0 Å². The average Bonchev–Trinajstić information content (AvgIpc) is 3.37. The van der Waals surface area contributed by atoms with Crippen LogP contribution >= 0.6 is 23.1 Å². The molecule has 0 aliphatic rings. The number of methoxy groups -OCH3 is 1. The van der Waals surface area contributed by atoms with Crippen LogP contribution in [0.25, 0.3) is 22.0 Å². The van der Waals surface area contributed by atoms with Crippen molar-refractivity contribution >= 4 is 23.1 Å². The minimum Gasteiger partial charge on any atom is -0.497 e. The molecule has 5 nitrogen and oxygen atoms in total. The number of rotatable bonds is 6. The maximum atomic E-state index is 5.18. The van der Waals surface area contributed by atoms with E-state index < -0.39 is 0 Å². The number of thiazole rings is 1. The number of hydrogen-bond donors (Lipinski definition) is 1. The molecule has 4 aromatic rings. The molecular formula is C19H16N4OS2. The Morgan fingerprint density at radius 1 is 1.00 bits per heavy atom. The summed E-state index contributed by atoms with van der Waals surface area (Å²) in [5.41, 5.74) is 3.16. The fourth-order valence-corrected chi connectivity index (χ4v) is 4.04. The van der Waals surface area contributed by atoms with Crippen molar-refractivity contribution in [2.75, 3.05) is 7.11 Å². The molecule has 26 heavy (non-hydrogen) atoms. The van der Waals surface area contributed by atoms with E-state index in [2.05, 4.69) is 32.7 Å². The second kappa shape index (κ2) is 7.72. The van der Waals surface area contributed by atoms with Crippen molar-refractivity contribution in [3.05, 3.63) is 65.7 Å². The van der Waals surface area contributed by atoms with Crippen molar-refractivity contribution in [2.24, 2.45) is 0 Å². The van der Waals surface area contributed by atoms with E-state index in [0.717, 1.165) is 39.2 Å². The van der Waals surface area contributed by atoms with Crippen LogP contribution in [0.15, 0.2) is 65.1 Å². The Morgan fingerprint density at radius 2 is 1.81 bits per heavy atom. The Balaban J connectivity index is 1.41. The van der Waals surface area contributed by atoms with Crippen LogP contribution in [0.2, 0.25) is 0 Å². The highest BCUT2D eigenvalue weighted by Crippen LogP contribution is 2.27. The van der Waals surface area contributed by atoms with Gasteiger partial charge in [-0.15, -0.1) is 16.4 Å². The molecule has 4 rings (SSSR count). The van der Waals surface area contributed by atoms with Gasteiger partial charge in [0.15, 0.2) is 5.82 Å².